The van der Waals surface area contributed by atoms with Gasteiger partial charge >= 0.3 is 0 Å². The van der Waals surface area contributed by atoms with Gasteiger partial charge in [0, 0.05) is 0 Å². The van der Waals surface area contributed by atoms with Crippen LogP contribution in [0.1, 0.15) is 36.5 Å². The summed E-state index contributed by atoms with van der Waals surface area (Å²) in [5.74, 6) is 0.519. The molecule has 0 spiro atoms. The third-order valence-electron chi connectivity index (χ3n) is 3.01. The first-order valence-electron chi connectivity index (χ1n) is 5.04. The Morgan fingerprint density at radius 3 is 2.71 bits per heavy atom. The van der Waals surface area contributed by atoms with E-state index in [-0.39, 0.29) is 4.75 Å². The molecule has 0 fully saturated rings. The molecule has 0 radical (unpaired) electrons. The standard InChI is InChI=1S/C13H16S/c1-9-7-8-13(3,14)12-10(2)5-4-6-11(9)12/h4-9,14H,1-3H3/t9?,13-/m1/s1. The number of rotatable bonds is 0. The van der Waals surface area contributed by atoms with Crippen molar-refractivity contribution >= 4 is 12.6 Å². The Hall–Kier alpha value is -0.690. The van der Waals surface area contributed by atoms with Crippen LogP contribution in [-0.2, 0) is 4.75 Å². The van der Waals surface area contributed by atoms with Gasteiger partial charge in [0.2, 0.25) is 0 Å². The fraction of sp³-hybridized carbons (Fsp3) is 0.385. The highest BCUT2D eigenvalue weighted by atomic mass is 32.1. The van der Waals surface area contributed by atoms with Gasteiger partial charge in [-0.3, -0.25) is 0 Å². The van der Waals surface area contributed by atoms with Gasteiger partial charge in [-0.05, 0) is 36.5 Å². The van der Waals surface area contributed by atoms with Crippen LogP contribution in [-0.4, -0.2) is 0 Å². The maximum atomic E-state index is 4.72. The summed E-state index contributed by atoms with van der Waals surface area (Å²) in [5, 5.41) is 0. The van der Waals surface area contributed by atoms with Crippen molar-refractivity contribution in [3.63, 3.8) is 0 Å². The third kappa shape index (κ3) is 1.40. The van der Waals surface area contributed by atoms with Gasteiger partial charge in [-0.2, -0.15) is 12.6 Å². The second-order valence-electron chi connectivity index (χ2n) is 4.33. The highest BCUT2D eigenvalue weighted by Gasteiger charge is 2.28. The summed E-state index contributed by atoms with van der Waals surface area (Å²) in [6.45, 7) is 6.56. The predicted molar refractivity (Wildman–Crippen MR) is 65.1 cm³/mol. The molecule has 0 N–H and O–H groups in total. The fourth-order valence-electron chi connectivity index (χ4n) is 2.28. The van der Waals surface area contributed by atoms with Crippen molar-refractivity contribution in [3.05, 3.63) is 47.0 Å². The van der Waals surface area contributed by atoms with Crippen LogP contribution in [0.5, 0.6) is 0 Å². The van der Waals surface area contributed by atoms with Crippen molar-refractivity contribution in [3.8, 4) is 0 Å². The first-order valence-corrected chi connectivity index (χ1v) is 5.49. The van der Waals surface area contributed by atoms with E-state index in [9.17, 15) is 0 Å². The number of hydrogen-bond acceptors (Lipinski definition) is 1. The number of benzene rings is 1. The van der Waals surface area contributed by atoms with Crippen LogP contribution in [0.2, 0.25) is 0 Å². The highest BCUT2D eigenvalue weighted by Crippen LogP contribution is 2.41. The molecule has 0 amide bonds. The molecule has 1 heteroatoms. The molecule has 0 heterocycles. The van der Waals surface area contributed by atoms with E-state index in [0.717, 1.165) is 0 Å². The van der Waals surface area contributed by atoms with Crippen LogP contribution >= 0.6 is 12.6 Å². The van der Waals surface area contributed by atoms with Crippen molar-refractivity contribution in [2.75, 3.05) is 0 Å². The number of hydrogen-bond donors (Lipinski definition) is 1. The van der Waals surface area contributed by atoms with Gasteiger partial charge < -0.3 is 0 Å². The lowest BCUT2D eigenvalue weighted by Gasteiger charge is -2.31. The maximum absolute atomic E-state index is 4.72. The van der Waals surface area contributed by atoms with Gasteiger partial charge in [0.05, 0.1) is 4.75 Å². The molecule has 0 aliphatic heterocycles. The smallest absolute Gasteiger partial charge is 0.0535 e. The summed E-state index contributed by atoms with van der Waals surface area (Å²) in [6, 6.07) is 6.51. The molecule has 1 aliphatic carbocycles. The van der Waals surface area contributed by atoms with Crippen LogP contribution < -0.4 is 0 Å². The van der Waals surface area contributed by atoms with Crippen LogP contribution in [0.4, 0.5) is 0 Å². The Bertz CT molecular complexity index is 388. The first-order chi connectivity index (χ1) is 6.52. The lowest BCUT2D eigenvalue weighted by atomic mass is 9.80. The average molecular weight is 204 g/mol. The molecule has 1 aromatic rings. The Labute approximate surface area is 91.4 Å². The van der Waals surface area contributed by atoms with E-state index >= 15 is 0 Å². The number of allylic oxidation sites excluding steroid dienone is 1. The van der Waals surface area contributed by atoms with Crippen LogP contribution in [0.25, 0.3) is 0 Å². The van der Waals surface area contributed by atoms with E-state index < -0.39 is 0 Å². The molecular formula is C13H16S. The van der Waals surface area contributed by atoms with Gasteiger partial charge in [0.15, 0.2) is 0 Å². The summed E-state index contributed by atoms with van der Waals surface area (Å²) in [7, 11) is 0. The SMILES string of the molecule is Cc1cccc2c1[C@](C)(S)C=CC2C. The molecule has 2 rings (SSSR count). The zero-order valence-corrected chi connectivity index (χ0v) is 9.81. The zero-order chi connectivity index (χ0) is 10.3. The van der Waals surface area contributed by atoms with E-state index in [0.29, 0.717) is 5.92 Å². The molecule has 0 nitrogen and oxygen atoms in total. The summed E-state index contributed by atoms with van der Waals surface area (Å²) >= 11 is 4.72. The lowest BCUT2D eigenvalue weighted by molar-refractivity contribution is 0.782. The normalized spacial score (nSPS) is 30.1. The third-order valence-corrected chi connectivity index (χ3v) is 3.38. The second kappa shape index (κ2) is 3.16. The topological polar surface area (TPSA) is 0 Å². The van der Waals surface area contributed by atoms with Crippen molar-refractivity contribution in [1.82, 2.24) is 0 Å². The summed E-state index contributed by atoms with van der Waals surface area (Å²) in [6.07, 6.45) is 4.45. The fourth-order valence-corrected chi connectivity index (χ4v) is 2.67. The van der Waals surface area contributed by atoms with Gasteiger partial charge in [0.25, 0.3) is 0 Å². The summed E-state index contributed by atoms with van der Waals surface area (Å²) < 4.78 is -0.104. The molecule has 1 unspecified atom stereocenters. The Kier molecular flexibility index (Phi) is 2.23. The minimum atomic E-state index is -0.104. The molecule has 1 aromatic carbocycles. The molecule has 0 saturated heterocycles. The Morgan fingerprint density at radius 1 is 1.36 bits per heavy atom. The number of fused-ring (bicyclic) bond motifs is 1. The maximum Gasteiger partial charge on any atom is 0.0535 e. The minimum Gasteiger partial charge on any atom is -0.164 e. The van der Waals surface area contributed by atoms with E-state index in [1.165, 1.54) is 16.7 Å². The first kappa shape index (κ1) is 9.85. The lowest BCUT2D eigenvalue weighted by Crippen LogP contribution is -2.19. The average Bonchev–Trinajstić information content (AvgIpc) is 2.12. The van der Waals surface area contributed by atoms with E-state index in [1.54, 1.807) is 0 Å². The van der Waals surface area contributed by atoms with Crippen LogP contribution in [0.15, 0.2) is 30.4 Å². The van der Waals surface area contributed by atoms with E-state index in [1.807, 2.05) is 0 Å². The molecular weight excluding hydrogens is 188 g/mol. The largest absolute Gasteiger partial charge is 0.164 e. The molecule has 2 atom stereocenters. The summed E-state index contributed by atoms with van der Waals surface area (Å²) in [5.41, 5.74) is 4.15. The van der Waals surface area contributed by atoms with Gasteiger partial charge in [0.1, 0.15) is 0 Å². The van der Waals surface area contributed by atoms with Crippen molar-refractivity contribution in [2.45, 2.75) is 31.4 Å². The Balaban J connectivity index is 2.70. The minimum absolute atomic E-state index is 0.104. The zero-order valence-electron chi connectivity index (χ0n) is 8.91. The molecule has 1 aliphatic rings. The Morgan fingerprint density at radius 2 is 2.07 bits per heavy atom. The van der Waals surface area contributed by atoms with E-state index in [4.69, 9.17) is 12.6 Å². The molecule has 0 bridgehead atoms. The molecule has 14 heavy (non-hydrogen) atoms. The van der Waals surface area contributed by atoms with Gasteiger partial charge in [-0.1, -0.05) is 37.3 Å². The van der Waals surface area contributed by atoms with Crippen molar-refractivity contribution in [1.29, 1.82) is 0 Å². The van der Waals surface area contributed by atoms with E-state index in [2.05, 4.69) is 51.1 Å². The molecule has 0 aromatic heterocycles. The number of thiol groups is 1. The second-order valence-corrected chi connectivity index (χ2v) is 5.26. The van der Waals surface area contributed by atoms with Crippen molar-refractivity contribution < 1.29 is 0 Å². The van der Waals surface area contributed by atoms with Gasteiger partial charge in [-0.15, -0.1) is 0 Å². The van der Waals surface area contributed by atoms with Crippen LogP contribution in [0.3, 0.4) is 0 Å². The predicted octanol–water partition coefficient (Wildman–Crippen LogP) is 3.81. The van der Waals surface area contributed by atoms with Crippen molar-refractivity contribution in [2.24, 2.45) is 0 Å². The molecule has 74 valence electrons. The summed E-state index contributed by atoms with van der Waals surface area (Å²) in [4.78, 5) is 0. The van der Waals surface area contributed by atoms with Gasteiger partial charge in [-0.25, -0.2) is 0 Å². The highest BCUT2D eigenvalue weighted by molar-refractivity contribution is 7.81. The van der Waals surface area contributed by atoms with Crippen LogP contribution in [0, 0.1) is 6.92 Å². The quantitative estimate of drug-likeness (QED) is 0.482. The monoisotopic (exact) mass is 204 g/mol. The number of aryl methyl sites for hydroxylation is 1. The molecule has 0 saturated carbocycles.